The van der Waals surface area contributed by atoms with Gasteiger partial charge in [0.05, 0.1) is 5.92 Å². The second-order valence-corrected chi connectivity index (χ2v) is 5.60. The van der Waals surface area contributed by atoms with Crippen LogP contribution in [0.15, 0.2) is 0 Å². The van der Waals surface area contributed by atoms with Crippen LogP contribution in [0.25, 0.3) is 0 Å². The zero-order valence-electron chi connectivity index (χ0n) is 12.3. The van der Waals surface area contributed by atoms with Gasteiger partial charge in [0, 0.05) is 31.6 Å². The molecule has 0 bridgehead atoms. The van der Waals surface area contributed by atoms with Crippen molar-refractivity contribution in [3.63, 3.8) is 0 Å². The molecule has 1 aliphatic heterocycles. The van der Waals surface area contributed by atoms with Gasteiger partial charge in [-0.2, -0.15) is 0 Å². The molecule has 1 fully saturated rings. The summed E-state index contributed by atoms with van der Waals surface area (Å²) >= 11 is 0. The molecule has 0 radical (unpaired) electrons. The second-order valence-electron chi connectivity index (χ2n) is 5.60. The zero-order chi connectivity index (χ0) is 14.4. The number of piperidine rings is 1. The predicted octanol–water partition coefficient (Wildman–Crippen LogP) is 0.735. The van der Waals surface area contributed by atoms with Crippen LogP contribution < -0.4 is 11.1 Å². The Bertz CT molecular complexity index is 306. The van der Waals surface area contributed by atoms with E-state index in [4.69, 9.17) is 5.73 Å². The molecule has 0 spiro atoms. The molecule has 3 N–H and O–H groups in total. The highest BCUT2D eigenvalue weighted by molar-refractivity contribution is 5.79. The number of nitrogens with two attached hydrogens (primary N) is 1. The van der Waals surface area contributed by atoms with Crippen LogP contribution in [-0.2, 0) is 9.59 Å². The molecule has 0 saturated carbocycles. The molecule has 2 amide bonds. The number of carbonyl (C=O) groups is 2. The molecule has 0 aromatic carbocycles. The zero-order valence-corrected chi connectivity index (χ0v) is 12.3. The van der Waals surface area contributed by atoms with Crippen LogP contribution in [-0.4, -0.2) is 42.4 Å². The lowest BCUT2D eigenvalue weighted by Crippen LogP contribution is -2.49. The molecule has 1 heterocycles. The third-order valence-electron chi connectivity index (χ3n) is 3.80. The number of hydrogen-bond acceptors (Lipinski definition) is 3. The fourth-order valence-corrected chi connectivity index (χ4v) is 2.31. The van der Waals surface area contributed by atoms with Crippen molar-refractivity contribution in [2.45, 2.75) is 46.1 Å². The summed E-state index contributed by atoms with van der Waals surface area (Å²) in [4.78, 5) is 25.7. The van der Waals surface area contributed by atoms with Gasteiger partial charge in [-0.05, 0) is 19.3 Å². The van der Waals surface area contributed by atoms with Crippen LogP contribution in [0.3, 0.4) is 0 Å². The van der Waals surface area contributed by atoms with Crippen molar-refractivity contribution >= 4 is 11.8 Å². The molecule has 19 heavy (non-hydrogen) atoms. The Labute approximate surface area is 115 Å². The minimum absolute atomic E-state index is 0.0152. The predicted molar refractivity (Wildman–Crippen MR) is 75.4 cm³/mol. The molecule has 5 heteroatoms. The van der Waals surface area contributed by atoms with E-state index in [-0.39, 0.29) is 29.7 Å². The van der Waals surface area contributed by atoms with Gasteiger partial charge in [-0.15, -0.1) is 0 Å². The summed E-state index contributed by atoms with van der Waals surface area (Å²) in [6, 6.07) is 0.205. The van der Waals surface area contributed by atoms with E-state index in [1.165, 1.54) is 0 Å². The Morgan fingerprint density at radius 3 is 2.32 bits per heavy atom. The van der Waals surface area contributed by atoms with Crippen LogP contribution in [0, 0.1) is 11.8 Å². The lowest BCUT2D eigenvalue weighted by atomic mass is 10.00. The van der Waals surface area contributed by atoms with Gasteiger partial charge in [-0.1, -0.05) is 20.8 Å². The highest BCUT2D eigenvalue weighted by atomic mass is 16.2. The number of amides is 2. The number of likely N-dealkylation sites (tertiary alicyclic amines) is 1. The molecular weight excluding hydrogens is 242 g/mol. The molecule has 0 aromatic heterocycles. The smallest absolute Gasteiger partial charge is 0.226 e. The van der Waals surface area contributed by atoms with E-state index < -0.39 is 0 Å². The topological polar surface area (TPSA) is 75.4 Å². The monoisotopic (exact) mass is 269 g/mol. The van der Waals surface area contributed by atoms with Crippen LogP contribution in [0.1, 0.15) is 40.0 Å². The van der Waals surface area contributed by atoms with Gasteiger partial charge < -0.3 is 16.0 Å². The number of carbonyl (C=O) groups excluding carboxylic acids is 2. The maximum absolute atomic E-state index is 12.2. The van der Waals surface area contributed by atoms with Gasteiger partial charge in [0.15, 0.2) is 0 Å². The van der Waals surface area contributed by atoms with E-state index in [0.717, 1.165) is 32.4 Å². The first-order chi connectivity index (χ1) is 8.99. The van der Waals surface area contributed by atoms with Crippen molar-refractivity contribution in [1.82, 2.24) is 10.2 Å². The highest BCUT2D eigenvalue weighted by Gasteiger charge is 2.27. The Kier molecular flexibility index (Phi) is 6.28. The molecule has 1 saturated heterocycles. The lowest BCUT2D eigenvalue weighted by Gasteiger charge is -2.34. The number of rotatable bonds is 5. The van der Waals surface area contributed by atoms with Gasteiger partial charge in [0.25, 0.3) is 0 Å². The average molecular weight is 269 g/mol. The van der Waals surface area contributed by atoms with Gasteiger partial charge in [-0.25, -0.2) is 0 Å². The van der Waals surface area contributed by atoms with E-state index in [2.05, 4.69) is 5.32 Å². The van der Waals surface area contributed by atoms with Crippen molar-refractivity contribution in [2.75, 3.05) is 19.6 Å². The van der Waals surface area contributed by atoms with Crippen LogP contribution in [0.2, 0.25) is 0 Å². The summed E-state index contributed by atoms with van der Waals surface area (Å²) in [6.07, 6.45) is 2.47. The van der Waals surface area contributed by atoms with E-state index >= 15 is 0 Å². The summed E-state index contributed by atoms with van der Waals surface area (Å²) in [6.45, 7) is 7.63. The molecule has 1 rings (SSSR count). The Hall–Kier alpha value is -1.10. The summed E-state index contributed by atoms with van der Waals surface area (Å²) < 4.78 is 0. The Morgan fingerprint density at radius 1 is 1.32 bits per heavy atom. The number of nitrogens with one attached hydrogen (secondary N) is 1. The molecule has 1 atom stereocenters. The first-order valence-corrected chi connectivity index (χ1v) is 7.28. The third kappa shape index (κ3) is 4.49. The maximum Gasteiger partial charge on any atom is 0.226 e. The maximum atomic E-state index is 12.2. The van der Waals surface area contributed by atoms with Gasteiger partial charge in [-0.3, -0.25) is 9.59 Å². The summed E-state index contributed by atoms with van der Waals surface area (Å²) in [5.74, 6) is 0.222. The standard InChI is InChI=1S/C14H27N3O2/c1-4-11(9-15)14(19)17-7-5-12(6-8-17)16-13(18)10(2)3/h10-12H,4-9,15H2,1-3H3,(H,16,18). The van der Waals surface area contributed by atoms with Crippen molar-refractivity contribution in [2.24, 2.45) is 17.6 Å². The molecule has 0 aliphatic carbocycles. The fourth-order valence-electron chi connectivity index (χ4n) is 2.31. The first-order valence-electron chi connectivity index (χ1n) is 7.28. The van der Waals surface area contributed by atoms with E-state index in [1.54, 1.807) is 0 Å². The minimum atomic E-state index is -0.0539. The Morgan fingerprint density at radius 2 is 1.89 bits per heavy atom. The highest BCUT2D eigenvalue weighted by Crippen LogP contribution is 2.15. The van der Waals surface area contributed by atoms with Crippen molar-refractivity contribution < 1.29 is 9.59 Å². The van der Waals surface area contributed by atoms with Crippen LogP contribution in [0.4, 0.5) is 0 Å². The van der Waals surface area contributed by atoms with E-state index in [0.29, 0.717) is 6.54 Å². The molecule has 0 aromatic rings. The third-order valence-corrected chi connectivity index (χ3v) is 3.80. The van der Waals surface area contributed by atoms with Gasteiger partial charge >= 0.3 is 0 Å². The first kappa shape index (κ1) is 16.0. The minimum Gasteiger partial charge on any atom is -0.353 e. The SMILES string of the molecule is CCC(CN)C(=O)N1CCC(NC(=O)C(C)C)CC1. The molecule has 1 unspecified atom stereocenters. The molecule has 5 nitrogen and oxygen atoms in total. The molecular formula is C14H27N3O2. The number of hydrogen-bond donors (Lipinski definition) is 2. The summed E-state index contributed by atoms with van der Waals surface area (Å²) in [7, 11) is 0. The van der Waals surface area contributed by atoms with E-state index in [9.17, 15) is 9.59 Å². The second kappa shape index (κ2) is 7.48. The largest absolute Gasteiger partial charge is 0.353 e. The van der Waals surface area contributed by atoms with Crippen LogP contribution in [0.5, 0.6) is 0 Å². The quantitative estimate of drug-likeness (QED) is 0.773. The average Bonchev–Trinajstić information content (AvgIpc) is 2.40. The van der Waals surface area contributed by atoms with Crippen molar-refractivity contribution in [1.29, 1.82) is 0 Å². The van der Waals surface area contributed by atoms with Crippen molar-refractivity contribution in [3.05, 3.63) is 0 Å². The number of nitrogens with zero attached hydrogens (tertiary/aromatic N) is 1. The van der Waals surface area contributed by atoms with Gasteiger partial charge in [0.1, 0.15) is 0 Å². The van der Waals surface area contributed by atoms with Crippen LogP contribution >= 0.6 is 0 Å². The molecule has 1 aliphatic rings. The summed E-state index contributed by atoms with van der Waals surface area (Å²) in [5.41, 5.74) is 5.61. The molecule has 110 valence electrons. The summed E-state index contributed by atoms with van der Waals surface area (Å²) in [5, 5.41) is 3.03. The normalized spacial score (nSPS) is 18.5. The lowest BCUT2D eigenvalue weighted by molar-refractivity contribution is -0.136. The van der Waals surface area contributed by atoms with Crippen molar-refractivity contribution in [3.8, 4) is 0 Å². The fraction of sp³-hybridized carbons (Fsp3) is 0.857. The van der Waals surface area contributed by atoms with Gasteiger partial charge in [0.2, 0.25) is 11.8 Å². The Balaban J connectivity index is 2.40. The van der Waals surface area contributed by atoms with E-state index in [1.807, 2.05) is 25.7 Å².